The first-order chi connectivity index (χ1) is 8.02. The van der Waals surface area contributed by atoms with Crippen LogP contribution < -0.4 is 4.90 Å². The number of nitrogens with zero attached hydrogens (tertiary/aromatic N) is 3. The van der Waals surface area contributed by atoms with Gasteiger partial charge in [-0.1, -0.05) is 13.8 Å². The van der Waals surface area contributed by atoms with E-state index in [9.17, 15) is 4.79 Å². The van der Waals surface area contributed by atoms with Gasteiger partial charge in [0.1, 0.15) is 5.82 Å². The predicted octanol–water partition coefficient (Wildman–Crippen LogP) is 1.87. The van der Waals surface area contributed by atoms with E-state index in [4.69, 9.17) is 0 Å². The molecule has 0 radical (unpaired) electrons. The van der Waals surface area contributed by atoms with Gasteiger partial charge in [0.15, 0.2) is 6.29 Å². The molecular formula is C12H19N3OS. The maximum atomic E-state index is 11.2. The fourth-order valence-corrected chi connectivity index (χ4v) is 3.85. The number of hydrogen-bond acceptors (Lipinski definition) is 4. The Balaban J connectivity index is 2.36. The van der Waals surface area contributed by atoms with Crippen molar-refractivity contribution in [1.29, 1.82) is 0 Å². The number of thioether (sulfide) groups is 1. The van der Waals surface area contributed by atoms with Crippen LogP contribution in [0.3, 0.4) is 0 Å². The van der Waals surface area contributed by atoms with Crippen LogP contribution in [0.5, 0.6) is 0 Å². The normalized spacial score (nSPS) is 25.1. The van der Waals surface area contributed by atoms with Crippen molar-refractivity contribution in [2.45, 2.75) is 31.3 Å². The van der Waals surface area contributed by atoms with Crippen molar-refractivity contribution in [1.82, 2.24) is 9.78 Å². The van der Waals surface area contributed by atoms with Crippen LogP contribution in [0, 0.1) is 6.92 Å². The van der Waals surface area contributed by atoms with E-state index < -0.39 is 0 Å². The molecule has 2 rings (SSSR count). The van der Waals surface area contributed by atoms with Crippen molar-refractivity contribution >= 4 is 23.9 Å². The van der Waals surface area contributed by atoms with Crippen molar-refractivity contribution in [2.75, 3.05) is 18.0 Å². The highest BCUT2D eigenvalue weighted by Crippen LogP contribution is 2.30. The number of rotatable bonds is 2. The molecule has 0 saturated carbocycles. The molecule has 1 saturated heterocycles. The molecule has 1 aliphatic heterocycles. The lowest BCUT2D eigenvalue weighted by Crippen LogP contribution is -2.41. The number of carbonyl (C=O) groups excluding carboxylic acids is 1. The highest BCUT2D eigenvalue weighted by atomic mass is 32.2. The minimum atomic E-state index is 0.591. The van der Waals surface area contributed by atoms with Crippen LogP contribution in [0.1, 0.15) is 29.9 Å². The van der Waals surface area contributed by atoms with Gasteiger partial charge in [-0.2, -0.15) is 16.9 Å². The number of anilines is 1. The SMILES string of the molecule is Cc1nn(C)c(N2CC(C)SC(C)C2)c1C=O. The third-order valence-corrected chi connectivity index (χ3v) is 4.30. The largest absolute Gasteiger partial charge is 0.354 e. The zero-order valence-electron chi connectivity index (χ0n) is 10.8. The van der Waals surface area contributed by atoms with E-state index in [2.05, 4.69) is 23.8 Å². The molecule has 1 aromatic rings. The smallest absolute Gasteiger partial charge is 0.155 e. The van der Waals surface area contributed by atoms with Crippen LogP contribution in [0.15, 0.2) is 0 Å². The molecule has 2 atom stereocenters. The number of aldehydes is 1. The molecule has 2 heterocycles. The second-order valence-electron chi connectivity index (χ2n) is 4.73. The monoisotopic (exact) mass is 253 g/mol. The average Bonchev–Trinajstić information content (AvgIpc) is 2.51. The Morgan fingerprint density at radius 3 is 2.47 bits per heavy atom. The van der Waals surface area contributed by atoms with Gasteiger partial charge >= 0.3 is 0 Å². The number of aryl methyl sites for hydroxylation is 2. The zero-order chi connectivity index (χ0) is 12.6. The summed E-state index contributed by atoms with van der Waals surface area (Å²) in [4.78, 5) is 13.5. The van der Waals surface area contributed by atoms with Gasteiger partial charge in [-0.15, -0.1) is 0 Å². The summed E-state index contributed by atoms with van der Waals surface area (Å²) in [5.74, 6) is 0.969. The summed E-state index contributed by atoms with van der Waals surface area (Å²) in [6, 6.07) is 0. The third-order valence-electron chi connectivity index (χ3n) is 3.07. The maximum absolute atomic E-state index is 11.2. The summed E-state index contributed by atoms with van der Waals surface area (Å²) in [5.41, 5.74) is 1.55. The van der Waals surface area contributed by atoms with Crippen LogP contribution in [0.4, 0.5) is 5.82 Å². The lowest BCUT2D eigenvalue weighted by Gasteiger charge is -2.36. The summed E-state index contributed by atoms with van der Waals surface area (Å²) < 4.78 is 1.83. The molecule has 0 aromatic carbocycles. The minimum Gasteiger partial charge on any atom is -0.354 e. The first-order valence-electron chi connectivity index (χ1n) is 5.92. The number of aromatic nitrogens is 2. The number of carbonyl (C=O) groups is 1. The van der Waals surface area contributed by atoms with E-state index in [0.29, 0.717) is 10.5 Å². The van der Waals surface area contributed by atoms with Gasteiger partial charge in [-0.25, -0.2) is 0 Å². The first-order valence-corrected chi connectivity index (χ1v) is 6.86. The van der Waals surface area contributed by atoms with Crippen molar-refractivity contribution in [2.24, 2.45) is 7.05 Å². The first kappa shape index (κ1) is 12.5. The molecule has 0 bridgehead atoms. The Morgan fingerprint density at radius 1 is 1.35 bits per heavy atom. The second-order valence-corrected chi connectivity index (χ2v) is 6.61. The molecular weight excluding hydrogens is 234 g/mol. The van der Waals surface area contributed by atoms with Crippen LogP contribution in [-0.2, 0) is 7.05 Å². The second kappa shape index (κ2) is 4.72. The predicted molar refractivity (Wildman–Crippen MR) is 72.1 cm³/mol. The van der Waals surface area contributed by atoms with E-state index in [0.717, 1.165) is 36.5 Å². The van der Waals surface area contributed by atoms with Crippen molar-refractivity contribution in [3.05, 3.63) is 11.3 Å². The highest BCUT2D eigenvalue weighted by molar-refractivity contribution is 8.00. The molecule has 0 N–H and O–H groups in total. The summed E-state index contributed by atoms with van der Waals surface area (Å²) in [6.07, 6.45) is 0.925. The number of hydrogen-bond donors (Lipinski definition) is 0. The highest BCUT2D eigenvalue weighted by Gasteiger charge is 2.27. The van der Waals surface area contributed by atoms with Crippen LogP contribution >= 0.6 is 11.8 Å². The van der Waals surface area contributed by atoms with E-state index in [1.54, 1.807) is 0 Å². The summed E-state index contributed by atoms with van der Waals surface area (Å²) >= 11 is 2.01. The minimum absolute atomic E-state index is 0.591. The van der Waals surface area contributed by atoms with Crippen molar-refractivity contribution in [3.63, 3.8) is 0 Å². The molecule has 94 valence electrons. The molecule has 5 heteroatoms. The van der Waals surface area contributed by atoms with Gasteiger partial charge in [-0.05, 0) is 6.92 Å². The average molecular weight is 253 g/mol. The lowest BCUT2D eigenvalue weighted by atomic mass is 10.2. The van der Waals surface area contributed by atoms with Gasteiger partial charge in [0, 0.05) is 30.6 Å². The van der Waals surface area contributed by atoms with Gasteiger partial charge in [0.2, 0.25) is 0 Å². The van der Waals surface area contributed by atoms with Gasteiger partial charge in [0.25, 0.3) is 0 Å². The maximum Gasteiger partial charge on any atom is 0.155 e. The topological polar surface area (TPSA) is 38.1 Å². The molecule has 0 spiro atoms. The fraction of sp³-hybridized carbons (Fsp3) is 0.667. The molecule has 1 aliphatic rings. The molecule has 17 heavy (non-hydrogen) atoms. The van der Waals surface area contributed by atoms with Crippen molar-refractivity contribution in [3.8, 4) is 0 Å². The van der Waals surface area contributed by atoms with Crippen LogP contribution in [0.25, 0.3) is 0 Å². The van der Waals surface area contributed by atoms with Gasteiger partial charge < -0.3 is 4.90 Å². The quantitative estimate of drug-likeness (QED) is 0.754. The summed E-state index contributed by atoms with van der Waals surface area (Å²) in [7, 11) is 1.91. The zero-order valence-corrected chi connectivity index (χ0v) is 11.6. The molecule has 1 fully saturated rings. The van der Waals surface area contributed by atoms with E-state index in [1.165, 1.54) is 0 Å². The fourth-order valence-electron chi connectivity index (χ4n) is 2.53. The lowest BCUT2D eigenvalue weighted by molar-refractivity contribution is 0.112. The van der Waals surface area contributed by atoms with E-state index in [1.807, 2.05) is 30.4 Å². The molecule has 4 nitrogen and oxygen atoms in total. The van der Waals surface area contributed by atoms with Gasteiger partial charge in [-0.3, -0.25) is 9.48 Å². The Labute approximate surface area is 106 Å². The Bertz CT molecular complexity index is 420. The molecule has 0 aliphatic carbocycles. The standard InChI is InChI=1S/C12H19N3OS/c1-8-5-15(6-9(2)17-8)12-11(7-16)10(3)13-14(12)4/h7-9H,5-6H2,1-4H3. The van der Waals surface area contributed by atoms with E-state index in [-0.39, 0.29) is 0 Å². The van der Waals surface area contributed by atoms with E-state index >= 15 is 0 Å². The third kappa shape index (κ3) is 2.34. The van der Waals surface area contributed by atoms with Crippen LogP contribution in [0.2, 0.25) is 0 Å². The molecule has 1 aromatic heterocycles. The summed E-state index contributed by atoms with van der Waals surface area (Å²) in [5, 5.41) is 5.53. The van der Waals surface area contributed by atoms with Crippen LogP contribution in [-0.4, -0.2) is 39.7 Å². The molecule has 0 amide bonds. The van der Waals surface area contributed by atoms with Crippen molar-refractivity contribution < 1.29 is 4.79 Å². The Hall–Kier alpha value is -0.970. The summed E-state index contributed by atoms with van der Waals surface area (Å²) in [6.45, 7) is 8.32. The Kier molecular flexibility index (Phi) is 3.47. The molecule has 2 unspecified atom stereocenters. The Morgan fingerprint density at radius 2 is 1.94 bits per heavy atom. The van der Waals surface area contributed by atoms with Gasteiger partial charge in [0.05, 0.1) is 11.3 Å².